The van der Waals surface area contributed by atoms with E-state index in [1.165, 1.54) is 28.5 Å². The quantitative estimate of drug-likeness (QED) is 0.171. The highest BCUT2D eigenvalue weighted by Gasteiger charge is 2.27. The third-order valence-corrected chi connectivity index (χ3v) is 11.3. The topological polar surface area (TPSA) is 121 Å². The van der Waals surface area contributed by atoms with Crippen LogP contribution in [0.1, 0.15) is 76.5 Å². The fourth-order valence-corrected chi connectivity index (χ4v) is 8.54. The summed E-state index contributed by atoms with van der Waals surface area (Å²) in [4.78, 5) is 39.6. The third-order valence-electron chi connectivity index (χ3n) is 10.3. The van der Waals surface area contributed by atoms with Crippen LogP contribution in [-0.2, 0) is 17.8 Å². The van der Waals surface area contributed by atoms with Crippen LogP contribution in [0, 0.1) is 12.7 Å². The van der Waals surface area contributed by atoms with Gasteiger partial charge in [0.15, 0.2) is 5.01 Å². The zero-order valence-corrected chi connectivity index (χ0v) is 32.1. The molecule has 13 heteroatoms. The lowest BCUT2D eigenvalue weighted by Gasteiger charge is -2.36. The molecule has 54 heavy (non-hydrogen) atoms. The molecule has 0 bridgehead atoms. The van der Waals surface area contributed by atoms with Crippen molar-refractivity contribution in [2.24, 2.45) is 0 Å². The molecule has 2 aliphatic heterocycles. The molecule has 286 valence electrons. The smallest absolute Gasteiger partial charge is 0.280 e. The predicted octanol–water partition coefficient (Wildman–Crippen LogP) is 5.93. The number of carbonyl (C=O) groups excluding carboxylic acids is 2. The predicted molar refractivity (Wildman–Crippen MR) is 207 cm³/mol. The van der Waals surface area contributed by atoms with Crippen LogP contribution < -0.4 is 20.7 Å². The largest absolute Gasteiger partial charge is 0.438 e. The Kier molecular flexibility index (Phi) is 12.3. The third kappa shape index (κ3) is 9.88. The molecule has 11 nitrogen and oxygen atoms in total. The van der Waals surface area contributed by atoms with Gasteiger partial charge in [-0.15, -0.1) is 11.3 Å². The standard InChI is InChI=1S/C41H50FN7O4S/c1-26-21-49(22-27(2)44-26)23-29-7-12-36(31(17-29)24-48-13-15-52-16-14-48)30-5-4-6-35(18-30)53-40-37(19-32(42)20-43-40)38(50)46-33-8-10-34(11-9-33)47-39(51)41-45-28(3)25-54-41/h4-7,12,17-20,25-27,33-34,44H,8-11,13-16,21-24H2,1-3H3,(H,46,50)(H,47,51)/t26-,27+,33?,34?. The van der Waals surface area contributed by atoms with Crippen molar-refractivity contribution >= 4 is 23.2 Å². The SMILES string of the molecule is Cc1csc(C(=O)NC2CCC(NC(=O)c3cc(F)cnc3Oc3cccc(-c4ccc(CN5C[C@@H](C)N[C@@H](C)C5)cc4CN4CCOCC4)c3)CC2)n1. The molecule has 1 aliphatic carbocycles. The van der Waals surface area contributed by atoms with E-state index < -0.39 is 11.7 Å². The summed E-state index contributed by atoms with van der Waals surface area (Å²) < 4.78 is 26.4. The normalized spacial score (nSPS) is 22.4. The van der Waals surface area contributed by atoms with Crippen LogP contribution in [0.4, 0.5) is 4.39 Å². The molecule has 0 unspecified atom stereocenters. The minimum absolute atomic E-state index is 0.00214. The van der Waals surface area contributed by atoms with Gasteiger partial charge in [0.2, 0.25) is 5.88 Å². The Balaban J connectivity index is 1.04. The molecule has 7 rings (SSSR count). The van der Waals surface area contributed by atoms with E-state index in [9.17, 15) is 14.0 Å². The number of benzene rings is 2. The summed E-state index contributed by atoms with van der Waals surface area (Å²) in [6, 6.07) is 16.5. The molecule has 2 atom stereocenters. The van der Waals surface area contributed by atoms with Gasteiger partial charge in [0.1, 0.15) is 17.1 Å². The summed E-state index contributed by atoms with van der Waals surface area (Å²) in [5, 5.41) is 12.1. The van der Waals surface area contributed by atoms with Gasteiger partial charge in [0.25, 0.3) is 11.8 Å². The van der Waals surface area contributed by atoms with E-state index in [0.29, 0.717) is 48.5 Å². The minimum Gasteiger partial charge on any atom is -0.438 e. The van der Waals surface area contributed by atoms with Crippen molar-refractivity contribution in [1.29, 1.82) is 0 Å². The van der Waals surface area contributed by atoms with Crippen LogP contribution in [0.25, 0.3) is 11.1 Å². The number of aryl methyl sites for hydroxylation is 1. The number of pyridine rings is 1. The molecule has 0 radical (unpaired) electrons. The van der Waals surface area contributed by atoms with Crippen LogP contribution in [0.15, 0.2) is 60.1 Å². The highest BCUT2D eigenvalue weighted by molar-refractivity contribution is 7.11. The Morgan fingerprint density at radius 1 is 0.944 bits per heavy atom. The van der Waals surface area contributed by atoms with Crippen LogP contribution in [0.3, 0.4) is 0 Å². The van der Waals surface area contributed by atoms with Gasteiger partial charge in [0, 0.05) is 74.5 Å². The van der Waals surface area contributed by atoms with Crippen molar-refractivity contribution in [3.63, 3.8) is 0 Å². The maximum Gasteiger partial charge on any atom is 0.280 e. The van der Waals surface area contributed by atoms with Crippen molar-refractivity contribution in [2.75, 3.05) is 39.4 Å². The maximum atomic E-state index is 14.5. The average Bonchev–Trinajstić information content (AvgIpc) is 3.60. The number of amides is 2. The van der Waals surface area contributed by atoms with Gasteiger partial charge in [-0.05, 0) is 86.9 Å². The number of hydrogen-bond donors (Lipinski definition) is 3. The van der Waals surface area contributed by atoms with E-state index in [0.717, 1.165) is 75.5 Å². The summed E-state index contributed by atoms with van der Waals surface area (Å²) in [5.74, 6) is -0.706. The first-order valence-corrected chi connectivity index (χ1v) is 19.9. The number of nitrogens with zero attached hydrogens (tertiary/aromatic N) is 4. The number of morpholine rings is 1. The zero-order valence-electron chi connectivity index (χ0n) is 31.3. The molecule has 2 amide bonds. The van der Waals surface area contributed by atoms with Crippen molar-refractivity contribution in [3.8, 4) is 22.8 Å². The molecular weight excluding hydrogens is 706 g/mol. The molecule has 2 aromatic carbocycles. The fraction of sp³-hybridized carbons (Fsp3) is 0.463. The van der Waals surface area contributed by atoms with E-state index in [1.54, 1.807) is 0 Å². The van der Waals surface area contributed by atoms with Crippen molar-refractivity contribution in [2.45, 2.75) is 83.7 Å². The van der Waals surface area contributed by atoms with Gasteiger partial charge in [-0.3, -0.25) is 19.4 Å². The lowest BCUT2D eigenvalue weighted by atomic mass is 9.91. The number of aromatic nitrogens is 2. The van der Waals surface area contributed by atoms with Crippen molar-refractivity contribution in [1.82, 2.24) is 35.7 Å². The van der Waals surface area contributed by atoms with Crippen LogP contribution in [0.2, 0.25) is 0 Å². The second kappa shape index (κ2) is 17.5. The maximum absolute atomic E-state index is 14.5. The van der Waals surface area contributed by atoms with E-state index in [-0.39, 0.29) is 29.4 Å². The Morgan fingerprint density at radius 3 is 2.37 bits per heavy atom. The van der Waals surface area contributed by atoms with Gasteiger partial charge >= 0.3 is 0 Å². The number of carbonyl (C=O) groups is 2. The molecule has 3 fully saturated rings. The number of ether oxygens (including phenoxy) is 2. The second-order valence-electron chi connectivity index (χ2n) is 15.0. The van der Waals surface area contributed by atoms with Crippen molar-refractivity contribution < 1.29 is 23.5 Å². The minimum atomic E-state index is -0.623. The van der Waals surface area contributed by atoms with Gasteiger partial charge in [0.05, 0.1) is 19.4 Å². The highest BCUT2D eigenvalue weighted by Crippen LogP contribution is 2.32. The van der Waals surface area contributed by atoms with E-state index in [4.69, 9.17) is 9.47 Å². The number of thiazole rings is 1. The number of hydrogen-bond acceptors (Lipinski definition) is 10. The first-order valence-electron chi connectivity index (χ1n) is 19.0. The van der Waals surface area contributed by atoms with Crippen molar-refractivity contribution in [3.05, 3.63) is 93.3 Å². The zero-order chi connectivity index (χ0) is 37.6. The first kappa shape index (κ1) is 38.0. The van der Waals surface area contributed by atoms with E-state index in [2.05, 4.69) is 73.8 Å². The van der Waals surface area contributed by atoms with Gasteiger partial charge in [-0.2, -0.15) is 0 Å². The number of rotatable bonds is 11. The second-order valence-corrected chi connectivity index (χ2v) is 15.8. The number of piperazine rings is 1. The molecule has 4 heterocycles. The summed E-state index contributed by atoms with van der Waals surface area (Å²) in [6.07, 6.45) is 3.83. The van der Waals surface area contributed by atoms with E-state index >= 15 is 0 Å². The van der Waals surface area contributed by atoms with E-state index in [1.807, 2.05) is 30.5 Å². The number of nitrogens with one attached hydrogen (secondary N) is 3. The van der Waals surface area contributed by atoms with Crippen LogP contribution >= 0.6 is 11.3 Å². The summed E-state index contributed by atoms with van der Waals surface area (Å²) in [7, 11) is 0. The molecule has 2 saturated heterocycles. The molecule has 3 aliphatic rings. The molecule has 1 saturated carbocycles. The Morgan fingerprint density at radius 2 is 1.67 bits per heavy atom. The number of halogens is 1. The Bertz CT molecular complexity index is 1920. The van der Waals surface area contributed by atoms with Crippen LogP contribution in [-0.4, -0.2) is 95.1 Å². The lowest BCUT2D eigenvalue weighted by Crippen LogP contribution is -2.53. The molecule has 4 aromatic rings. The Hall–Kier alpha value is -4.27. The molecule has 2 aromatic heterocycles. The highest BCUT2D eigenvalue weighted by atomic mass is 32.1. The van der Waals surface area contributed by atoms with Gasteiger partial charge in [-0.1, -0.05) is 30.3 Å². The molecule has 0 spiro atoms. The van der Waals surface area contributed by atoms with Crippen LogP contribution in [0.5, 0.6) is 11.6 Å². The fourth-order valence-electron chi connectivity index (χ4n) is 7.85. The first-order chi connectivity index (χ1) is 26.1. The summed E-state index contributed by atoms with van der Waals surface area (Å²) in [5.41, 5.74) is 5.46. The summed E-state index contributed by atoms with van der Waals surface area (Å²) in [6.45, 7) is 13.3. The lowest BCUT2D eigenvalue weighted by molar-refractivity contribution is 0.0342. The molecular formula is C41H50FN7O4S. The monoisotopic (exact) mass is 755 g/mol. The Labute approximate surface area is 320 Å². The summed E-state index contributed by atoms with van der Waals surface area (Å²) >= 11 is 1.33. The average molecular weight is 756 g/mol. The molecule has 3 N–H and O–H groups in total. The van der Waals surface area contributed by atoms with Gasteiger partial charge < -0.3 is 25.4 Å². The van der Waals surface area contributed by atoms with Gasteiger partial charge in [-0.25, -0.2) is 14.4 Å².